The van der Waals surface area contributed by atoms with E-state index in [0.29, 0.717) is 12.0 Å². The normalized spacial score (nSPS) is 41.7. The number of fused-ring (bicyclic) bond motifs is 1. The number of likely N-dealkylation sites (tertiary alicyclic amines) is 1. The Hall–Kier alpha value is -0.610. The van der Waals surface area contributed by atoms with Crippen LogP contribution in [0.4, 0.5) is 0 Å². The maximum atomic E-state index is 12.3. The first-order valence-corrected chi connectivity index (χ1v) is 6.96. The van der Waals surface area contributed by atoms with Crippen LogP contribution in [0, 0.1) is 11.8 Å². The molecular formula is C13H23N3O. The number of hydrogen-bond acceptors (Lipinski definition) is 3. The second kappa shape index (κ2) is 4.58. The van der Waals surface area contributed by atoms with Gasteiger partial charge in [-0.05, 0) is 51.2 Å². The van der Waals surface area contributed by atoms with E-state index < -0.39 is 0 Å². The number of nitrogens with one attached hydrogen (secondary N) is 2. The summed E-state index contributed by atoms with van der Waals surface area (Å²) in [4.78, 5) is 14.5. The van der Waals surface area contributed by atoms with Crippen molar-refractivity contribution in [1.29, 1.82) is 0 Å². The van der Waals surface area contributed by atoms with Crippen LogP contribution in [0.2, 0.25) is 0 Å². The predicted octanol–water partition coefficient (Wildman–Crippen LogP) is 0.195. The highest BCUT2D eigenvalue weighted by Crippen LogP contribution is 2.37. The molecule has 1 saturated carbocycles. The van der Waals surface area contributed by atoms with E-state index in [2.05, 4.69) is 22.6 Å². The molecule has 1 aliphatic carbocycles. The standard InChI is InChI=1S/C13H23N3O/c1-16-6-5-10(8-16)15-13(17)12-11-4-2-3-9(11)7-14-12/h9-12,14H,2-8H2,1H3,(H,15,17). The molecule has 3 aliphatic rings. The average Bonchev–Trinajstić information content (AvgIpc) is 2.93. The zero-order valence-electron chi connectivity index (χ0n) is 10.6. The van der Waals surface area contributed by atoms with E-state index in [-0.39, 0.29) is 11.9 Å². The Morgan fingerprint density at radius 1 is 1.35 bits per heavy atom. The molecule has 0 radical (unpaired) electrons. The maximum Gasteiger partial charge on any atom is 0.237 e. The van der Waals surface area contributed by atoms with Gasteiger partial charge in [0.1, 0.15) is 0 Å². The van der Waals surface area contributed by atoms with Crippen molar-refractivity contribution in [2.24, 2.45) is 11.8 Å². The highest BCUT2D eigenvalue weighted by atomic mass is 16.2. The minimum absolute atomic E-state index is 0.0911. The molecular weight excluding hydrogens is 214 g/mol. The molecule has 2 N–H and O–H groups in total. The van der Waals surface area contributed by atoms with Gasteiger partial charge < -0.3 is 15.5 Å². The zero-order valence-corrected chi connectivity index (χ0v) is 10.6. The van der Waals surface area contributed by atoms with E-state index >= 15 is 0 Å². The molecule has 17 heavy (non-hydrogen) atoms. The van der Waals surface area contributed by atoms with Gasteiger partial charge in [0.2, 0.25) is 5.91 Å². The van der Waals surface area contributed by atoms with Gasteiger partial charge in [-0.1, -0.05) is 6.42 Å². The van der Waals surface area contributed by atoms with Crippen molar-refractivity contribution in [3.63, 3.8) is 0 Å². The van der Waals surface area contributed by atoms with Gasteiger partial charge in [0.15, 0.2) is 0 Å². The fourth-order valence-corrected chi connectivity index (χ4v) is 3.82. The largest absolute Gasteiger partial charge is 0.351 e. The number of likely N-dealkylation sites (N-methyl/N-ethyl adjacent to an activating group) is 1. The number of rotatable bonds is 2. The zero-order chi connectivity index (χ0) is 11.8. The SMILES string of the molecule is CN1CCC(NC(=O)C2NCC3CCCC32)C1. The third-order valence-electron chi connectivity index (χ3n) is 4.77. The third kappa shape index (κ3) is 2.20. The summed E-state index contributed by atoms with van der Waals surface area (Å²) < 4.78 is 0. The number of hydrogen-bond donors (Lipinski definition) is 2. The number of carbonyl (C=O) groups is 1. The van der Waals surface area contributed by atoms with Gasteiger partial charge in [-0.2, -0.15) is 0 Å². The molecule has 2 aliphatic heterocycles. The van der Waals surface area contributed by atoms with Crippen molar-refractivity contribution in [1.82, 2.24) is 15.5 Å². The lowest BCUT2D eigenvalue weighted by Gasteiger charge is -2.20. The molecule has 4 nitrogen and oxygen atoms in total. The molecule has 4 unspecified atom stereocenters. The Bertz CT molecular complexity index is 307. The van der Waals surface area contributed by atoms with Gasteiger partial charge in [-0.15, -0.1) is 0 Å². The second-order valence-electron chi connectivity index (χ2n) is 6.00. The molecule has 4 heteroatoms. The summed E-state index contributed by atoms with van der Waals surface area (Å²) in [6.45, 7) is 3.16. The monoisotopic (exact) mass is 237 g/mol. The Kier molecular flexibility index (Phi) is 3.09. The molecule has 4 atom stereocenters. The molecule has 0 aromatic heterocycles. The first kappa shape index (κ1) is 11.5. The van der Waals surface area contributed by atoms with Gasteiger partial charge in [0.25, 0.3) is 0 Å². The van der Waals surface area contributed by atoms with E-state index in [9.17, 15) is 4.79 Å². The highest BCUT2D eigenvalue weighted by Gasteiger charge is 2.42. The minimum atomic E-state index is 0.0911. The molecule has 96 valence electrons. The number of nitrogens with zero attached hydrogens (tertiary/aromatic N) is 1. The molecule has 0 aromatic carbocycles. The van der Waals surface area contributed by atoms with E-state index in [1.165, 1.54) is 19.3 Å². The first-order chi connectivity index (χ1) is 8.24. The summed E-state index contributed by atoms with van der Waals surface area (Å²) in [5.74, 6) is 1.62. The molecule has 1 amide bonds. The smallest absolute Gasteiger partial charge is 0.237 e. The molecule has 3 rings (SSSR count). The van der Waals surface area contributed by atoms with Crippen LogP contribution < -0.4 is 10.6 Å². The molecule has 3 fully saturated rings. The van der Waals surface area contributed by atoms with Gasteiger partial charge >= 0.3 is 0 Å². The first-order valence-electron chi connectivity index (χ1n) is 6.96. The van der Waals surface area contributed by atoms with Gasteiger partial charge in [-0.3, -0.25) is 4.79 Å². The van der Waals surface area contributed by atoms with Crippen molar-refractivity contribution in [3.8, 4) is 0 Å². The molecule has 2 saturated heterocycles. The number of carbonyl (C=O) groups excluding carboxylic acids is 1. The van der Waals surface area contributed by atoms with Crippen molar-refractivity contribution < 1.29 is 4.79 Å². The summed E-state index contributed by atoms with van der Waals surface area (Å²) in [6.07, 6.45) is 4.96. The van der Waals surface area contributed by atoms with Gasteiger partial charge in [0, 0.05) is 12.6 Å². The van der Waals surface area contributed by atoms with Crippen molar-refractivity contribution in [2.75, 3.05) is 26.7 Å². The fraction of sp³-hybridized carbons (Fsp3) is 0.923. The van der Waals surface area contributed by atoms with Gasteiger partial charge in [0.05, 0.1) is 6.04 Å². The quantitative estimate of drug-likeness (QED) is 0.721. The summed E-state index contributed by atoms with van der Waals surface area (Å²) in [7, 11) is 2.12. The second-order valence-corrected chi connectivity index (χ2v) is 6.00. The Labute approximate surface area is 103 Å². The highest BCUT2D eigenvalue weighted by molar-refractivity contribution is 5.83. The minimum Gasteiger partial charge on any atom is -0.351 e. The molecule has 0 bridgehead atoms. The lowest BCUT2D eigenvalue weighted by atomic mass is 9.93. The van der Waals surface area contributed by atoms with Crippen LogP contribution in [0.5, 0.6) is 0 Å². The maximum absolute atomic E-state index is 12.3. The predicted molar refractivity (Wildman–Crippen MR) is 66.7 cm³/mol. The van der Waals surface area contributed by atoms with Crippen LogP contribution >= 0.6 is 0 Å². The third-order valence-corrected chi connectivity index (χ3v) is 4.77. The van der Waals surface area contributed by atoms with E-state index in [1.807, 2.05) is 0 Å². The van der Waals surface area contributed by atoms with Gasteiger partial charge in [-0.25, -0.2) is 0 Å². The van der Waals surface area contributed by atoms with Crippen molar-refractivity contribution in [2.45, 2.75) is 37.8 Å². The van der Waals surface area contributed by atoms with Crippen LogP contribution in [-0.2, 0) is 4.79 Å². The summed E-state index contributed by atoms with van der Waals surface area (Å²) in [5.41, 5.74) is 0. The summed E-state index contributed by atoms with van der Waals surface area (Å²) in [6, 6.07) is 0.461. The average molecular weight is 237 g/mol. The van der Waals surface area contributed by atoms with Crippen LogP contribution in [0.15, 0.2) is 0 Å². The topological polar surface area (TPSA) is 44.4 Å². The Balaban J connectivity index is 1.55. The Morgan fingerprint density at radius 2 is 2.24 bits per heavy atom. The van der Waals surface area contributed by atoms with E-state index in [1.54, 1.807) is 0 Å². The lowest BCUT2D eigenvalue weighted by molar-refractivity contribution is -0.124. The van der Waals surface area contributed by atoms with Crippen molar-refractivity contribution >= 4 is 5.91 Å². The molecule has 0 aromatic rings. The molecule has 2 heterocycles. The fourth-order valence-electron chi connectivity index (χ4n) is 3.82. The number of amides is 1. The van der Waals surface area contributed by atoms with Crippen LogP contribution in [0.25, 0.3) is 0 Å². The van der Waals surface area contributed by atoms with E-state index in [0.717, 1.165) is 32.0 Å². The summed E-state index contributed by atoms with van der Waals surface area (Å²) in [5, 5.41) is 6.64. The lowest BCUT2D eigenvalue weighted by Crippen LogP contribution is -2.48. The van der Waals surface area contributed by atoms with E-state index in [4.69, 9.17) is 0 Å². The van der Waals surface area contributed by atoms with Crippen molar-refractivity contribution in [3.05, 3.63) is 0 Å². The summed E-state index contributed by atoms with van der Waals surface area (Å²) >= 11 is 0. The molecule has 0 spiro atoms. The van der Waals surface area contributed by atoms with Crippen LogP contribution in [0.3, 0.4) is 0 Å². The Morgan fingerprint density at radius 3 is 3.00 bits per heavy atom. The van der Waals surface area contributed by atoms with Crippen LogP contribution in [0.1, 0.15) is 25.7 Å². The van der Waals surface area contributed by atoms with Crippen LogP contribution in [-0.4, -0.2) is 49.6 Å².